The highest BCUT2D eigenvalue weighted by molar-refractivity contribution is 7.90. The Labute approximate surface area is 101 Å². The zero-order valence-corrected chi connectivity index (χ0v) is 10.9. The fraction of sp³-hybridized carbons (Fsp3) is 0.455. The lowest BCUT2D eigenvalue weighted by Gasteiger charge is -2.15. The fourth-order valence-corrected chi connectivity index (χ4v) is 2.14. The van der Waals surface area contributed by atoms with Crippen molar-refractivity contribution in [3.8, 4) is 5.75 Å². The molecule has 0 aliphatic carbocycles. The number of methoxy groups -OCH3 is 1. The summed E-state index contributed by atoms with van der Waals surface area (Å²) in [5, 5.41) is 12.7. The molecule has 0 aromatic heterocycles. The first-order chi connectivity index (χ1) is 7.90. The quantitative estimate of drug-likeness (QED) is 0.798. The molecule has 0 radical (unpaired) electrons. The van der Waals surface area contributed by atoms with Crippen LogP contribution in [-0.4, -0.2) is 40.5 Å². The predicted molar refractivity (Wildman–Crippen MR) is 65.0 cm³/mol. The second-order valence-electron chi connectivity index (χ2n) is 3.75. The Kier molecular flexibility index (Phi) is 4.50. The zero-order chi connectivity index (χ0) is 13.1. The topological polar surface area (TPSA) is 75.6 Å². The molecule has 0 spiro atoms. The minimum atomic E-state index is -3.27. The van der Waals surface area contributed by atoms with Crippen molar-refractivity contribution in [1.82, 2.24) is 5.32 Å². The lowest BCUT2D eigenvalue weighted by Crippen LogP contribution is -2.17. The molecule has 17 heavy (non-hydrogen) atoms. The molecule has 1 atom stereocenters. The van der Waals surface area contributed by atoms with Gasteiger partial charge in [-0.3, -0.25) is 0 Å². The highest BCUT2D eigenvalue weighted by Crippen LogP contribution is 2.27. The second kappa shape index (κ2) is 5.48. The van der Waals surface area contributed by atoms with E-state index in [0.29, 0.717) is 17.9 Å². The summed E-state index contributed by atoms with van der Waals surface area (Å²) in [6, 6.07) is 4.45. The number of ether oxygens (including phenoxy) is 1. The SMILES string of the molecule is CNCC(O)c1ccc(S(C)(=O)=O)cc1OC. The molecule has 0 aliphatic heterocycles. The first-order valence-corrected chi connectivity index (χ1v) is 7.00. The van der Waals surface area contributed by atoms with E-state index in [9.17, 15) is 13.5 Å². The van der Waals surface area contributed by atoms with Crippen LogP contribution in [0.2, 0.25) is 0 Å². The maximum atomic E-state index is 11.4. The predicted octanol–water partition coefficient (Wildman–Crippen LogP) is 0.351. The summed E-state index contributed by atoms with van der Waals surface area (Å²) < 4.78 is 27.9. The molecule has 1 unspecified atom stereocenters. The molecule has 1 rings (SSSR count). The lowest BCUT2D eigenvalue weighted by atomic mass is 10.1. The first kappa shape index (κ1) is 14.0. The summed E-state index contributed by atoms with van der Waals surface area (Å²) in [5.74, 6) is 0.371. The summed E-state index contributed by atoms with van der Waals surface area (Å²) in [6.07, 6.45) is 0.398. The van der Waals surface area contributed by atoms with Gasteiger partial charge in [-0.1, -0.05) is 6.07 Å². The number of nitrogens with one attached hydrogen (secondary N) is 1. The molecule has 0 amide bonds. The Hall–Kier alpha value is -1.11. The normalized spacial score (nSPS) is 13.4. The van der Waals surface area contributed by atoms with Gasteiger partial charge in [0.15, 0.2) is 9.84 Å². The maximum Gasteiger partial charge on any atom is 0.175 e. The molecule has 5 nitrogen and oxygen atoms in total. The van der Waals surface area contributed by atoms with Gasteiger partial charge in [-0.15, -0.1) is 0 Å². The zero-order valence-electron chi connectivity index (χ0n) is 10.1. The van der Waals surface area contributed by atoms with Gasteiger partial charge >= 0.3 is 0 Å². The second-order valence-corrected chi connectivity index (χ2v) is 5.77. The van der Waals surface area contributed by atoms with Crippen LogP contribution in [0.5, 0.6) is 5.75 Å². The number of rotatable bonds is 5. The van der Waals surface area contributed by atoms with E-state index < -0.39 is 15.9 Å². The lowest BCUT2D eigenvalue weighted by molar-refractivity contribution is 0.173. The van der Waals surface area contributed by atoms with Crippen LogP contribution in [-0.2, 0) is 9.84 Å². The molecule has 0 saturated heterocycles. The Morgan fingerprint density at radius 2 is 2.12 bits per heavy atom. The van der Waals surface area contributed by atoms with Crippen molar-refractivity contribution in [1.29, 1.82) is 0 Å². The van der Waals surface area contributed by atoms with E-state index >= 15 is 0 Å². The van der Waals surface area contributed by atoms with Crippen molar-refractivity contribution in [2.45, 2.75) is 11.0 Å². The van der Waals surface area contributed by atoms with Crippen LogP contribution in [0.4, 0.5) is 0 Å². The Bertz CT molecular complexity index is 484. The van der Waals surface area contributed by atoms with Gasteiger partial charge in [0.1, 0.15) is 5.75 Å². The van der Waals surface area contributed by atoms with Gasteiger partial charge in [-0.05, 0) is 19.2 Å². The van der Waals surface area contributed by atoms with Crippen LogP contribution in [0.25, 0.3) is 0 Å². The minimum Gasteiger partial charge on any atom is -0.496 e. The third-order valence-corrected chi connectivity index (χ3v) is 3.50. The van der Waals surface area contributed by atoms with E-state index in [1.165, 1.54) is 19.2 Å². The summed E-state index contributed by atoms with van der Waals surface area (Å²) in [7, 11) is -0.103. The van der Waals surface area contributed by atoms with Gasteiger partial charge in [0.05, 0.1) is 18.1 Å². The van der Waals surface area contributed by atoms with Gasteiger partial charge in [0.2, 0.25) is 0 Å². The third-order valence-electron chi connectivity index (χ3n) is 2.39. The molecule has 1 aromatic rings. The molecule has 2 N–H and O–H groups in total. The molecule has 0 heterocycles. The minimum absolute atomic E-state index is 0.176. The van der Waals surface area contributed by atoms with Crippen LogP contribution in [0.3, 0.4) is 0 Å². The largest absolute Gasteiger partial charge is 0.496 e. The van der Waals surface area contributed by atoms with Crippen LogP contribution in [0.15, 0.2) is 23.1 Å². The molecular weight excluding hydrogens is 242 g/mol. The van der Waals surface area contributed by atoms with E-state index in [2.05, 4.69) is 5.32 Å². The summed E-state index contributed by atoms with van der Waals surface area (Å²) >= 11 is 0. The summed E-state index contributed by atoms with van der Waals surface area (Å²) in [4.78, 5) is 0.176. The maximum absolute atomic E-state index is 11.4. The van der Waals surface area contributed by atoms with E-state index in [-0.39, 0.29) is 4.90 Å². The van der Waals surface area contributed by atoms with Gasteiger partial charge in [-0.2, -0.15) is 0 Å². The number of likely N-dealkylation sites (N-methyl/N-ethyl adjacent to an activating group) is 1. The van der Waals surface area contributed by atoms with Gasteiger partial charge in [0, 0.05) is 18.4 Å². The molecule has 0 bridgehead atoms. The molecular formula is C11H17NO4S. The number of hydrogen-bond donors (Lipinski definition) is 2. The average molecular weight is 259 g/mol. The van der Waals surface area contributed by atoms with Gasteiger partial charge < -0.3 is 15.2 Å². The molecule has 0 fully saturated rings. The van der Waals surface area contributed by atoms with Crippen LogP contribution in [0.1, 0.15) is 11.7 Å². The molecule has 1 aromatic carbocycles. The molecule has 96 valence electrons. The number of benzene rings is 1. The van der Waals surface area contributed by atoms with Crippen LogP contribution >= 0.6 is 0 Å². The number of sulfone groups is 1. The monoisotopic (exact) mass is 259 g/mol. The molecule has 0 saturated carbocycles. The number of aliphatic hydroxyl groups is 1. The van der Waals surface area contributed by atoms with Crippen molar-refractivity contribution < 1.29 is 18.3 Å². The number of aliphatic hydroxyl groups excluding tert-OH is 1. The highest BCUT2D eigenvalue weighted by Gasteiger charge is 2.16. The van der Waals surface area contributed by atoms with Crippen molar-refractivity contribution in [2.75, 3.05) is 27.0 Å². The van der Waals surface area contributed by atoms with Gasteiger partial charge in [-0.25, -0.2) is 8.42 Å². The third kappa shape index (κ3) is 3.42. The van der Waals surface area contributed by atoms with Crippen molar-refractivity contribution >= 4 is 9.84 Å². The standard InChI is InChI=1S/C11H17NO4S/c1-12-7-10(13)9-5-4-8(17(3,14)15)6-11(9)16-2/h4-6,10,12-13H,7H2,1-3H3. The van der Waals surface area contributed by atoms with E-state index in [1.54, 1.807) is 13.1 Å². The van der Waals surface area contributed by atoms with Gasteiger partial charge in [0.25, 0.3) is 0 Å². The Morgan fingerprint density at radius 1 is 1.47 bits per heavy atom. The van der Waals surface area contributed by atoms with E-state index in [4.69, 9.17) is 4.74 Å². The summed E-state index contributed by atoms with van der Waals surface area (Å²) in [5.41, 5.74) is 0.564. The van der Waals surface area contributed by atoms with Crippen LogP contribution in [0, 0.1) is 0 Å². The summed E-state index contributed by atoms with van der Waals surface area (Å²) in [6.45, 7) is 0.370. The average Bonchev–Trinajstić information content (AvgIpc) is 2.27. The molecule has 0 aliphatic rings. The van der Waals surface area contributed by atoms with Crippen LogP contribution < -0.4 is 10.1 Å². The first-order valence-electron chi connectivity index (χ1n) is 5.10. The highest BCUT2D eigenvalue weighted by atomic mass is 32.2. The Balaban J connectivity index is 3.19. The molecule has 6 heteroatoms. The smallest absolute Gasteiger partial charge is 0.175 e. The Morgan fingerprint density at radius 3 is 2.59 bits per heavy atom. The van der Waals surface area contributed by atoms with E-state index in [0.717, 1.165) is 6.26 Å². The van der Waals surface area contributed by atoms with Crippen molar-refractivity contribution in [3.05, 3.63) is 23.8 Å². The van der Waals surface area contributed by atoms with Crippen molar-refractivity contribution in [3.63, 3.8) is 0 Å². The van der Waals surface area contributed by atoms with E-state index in [1.807, 2.05) is 0 Å². The van der Waals surface area contributed by atoms with Crippen molar-refractivity contribution in [2.24, 2.45) is 0 Å². The fourth-order valence-electron chi connectivity index (χ4n) is 1.50. The number of hydrogen-bond acceptors (Lipinski definition) is 5.